The number of carbonyl (C=O) groups excluding carboxylic acids is 1. The van der Waals surface area contributed by atoms with E-state index in [9.17, 15) is 4.79 Å². The van der Waals surface area contributed by atoms with Crippen molar-refractivity contribution in [2.75, 3.05) is 0 Å². The average Bonchev–Trinajstić information content (AvgIpc) is 1.98. The minimum Gasteiger partial charge on any atom is -0.369 e. The molecule has 0 aromatic heterocycles. The van der Waals surface area contributed by atoms with Gasteiger partial charge in [-0.15, -0.1) is 0 Å². The molecule has 0 atom stereocenters. The van der Waals surface area contributed by atoms with Crippen LogP contribution in [-0.2, 0) is 9.63 Å². The molecule has 0 aromatic carbocycles. The lowest BCUT2D eigenvalue weighted by molar-refractivity contribution is -0.136. The van der Waals surface area contributed by atoms with E-state index >= 15 is 0 Å². The molecule has 0 aliphatic rings. The van der Waals surface area contributed by atoms with Gasteiger partial charge < -0.3 is 10.6 Å². The van der Waals surface area contributed by atoms with Gasteiger partial charge in [0.2, 0.25) is 5.96 Å². The van der Waals surface area contributed by atoms with E-state index < -0.39 is 11.9 Å². The highest BCUT2D eigenvalue weighted by Crippen LogP contribution is 1.87. The smallest absolute Gasteiger partial charge is 0.369 e. The fourth-order valence-electron chi connectivity index (χ4n) is 0.482. The summed E-state index contributed by atoms with van der Waals surface area (Å²) < 4.78 is 0. The molecule has 0 radical (unpaired) electrons. The predicted molar refractivity (Wildman–Crippen MR) is 39.9 cm³/mol. The molecule has 0 spiro atoms. The first kappa shape index (κ1) is 9.57. The second-order valence-corrected chi connectivity index (χ2v) is 1.70. The summed E-state index contributed by atoms with van der Waals surface area (Å²) in [6.07, 6.45) is 0.329. The zero-order valence-electron chi connectivity index (χ0n) is 6.13. The van der Waals surface area contributed by atoms with Gasteiger partial charge in [0.25, 0.3) is 0 Å². The molecular formula is C5H10N4O2. The van der Waals surface area contributed by atoms with Crippen LogP contribution in [0.5, 0.6) is 0 Å². The number of aliphatic imine (C=N–C) groups is 1. The largest absolute Gasteiger partial charge is 0.371 e. The van der Waals surface area contributed by atoms with Crippen LogP contribution in [0.2, 0.25) is 0 Å². The maximum Gasteiger partial charge on any atom is 0.371 e. The molecule has 0 aliphatic heterocycles. The van der Waals surface area contributed by atoms with Gasteiger partial charge in [0.1, 0.15) is 5.71 Å². The Hall–Kier alpha value is -1.43. The van der Waals surface area contributed by atoms with E-state index in [1.807, 2.05) is 0 Å². The van der Waals surface area contributed by atoms with Crippen molar-refractivity contribution in [3.8, 4) is 0 Å². The molecule has 0 saturated heterocycles. The van der Waals surface area contributed by atoms with Crippen molar-refractivity contribution in [2.45, 2.75) is 13.3 Å². The Morgan fingerprint density at radius 2 is 2.27 bits per heavy atom. The molecule has 0 aliphatic carbocycles. The standard InChI is InChI=1S/C5H10N4O2/c1-2-3(4(10)11-8)9-5(6)7/h2,8H2,1H3,(H3,6,7). The van der Waals surface area contributed by atoms with Gasteiger partial charge in [-0.2, -0.15) is 5.90 Å². The lowest BCUT2D eigenvalue weighted by atomic mass is 10.3. The summed E-state index contributed by atoms with van der Waals surface area (Å²) in [7, 11) is 0. The van der Waals surface area contributed by atoms with Crippen molar-refractivity contribution in [3.63, 3.8) is 0 Å². The molecule has 0 aromatic rings. The number of guanidine groups is 1. The topological polar surface area (TPSA) is 115 Å². The molecule has 0 heterocycles. The van der Waals surface area contributed by atoms with Crippen molar-refractivity contribution in [1.29, 1.82) is 5.41 Å². The summed E-state index contributed by atoms with van der Waals surface area (Å²) in [5.74, 6) is 3.38. The summed E-state index contributed by atoms with van der Waals surface area (Å²) in [5, 5.41) is 6.74. The average molecular weight is 158 g/mol. The Labute approximate surface area is 63.7 Å². The lowest BCUT2D eigenvalue weighted by Gasteiger charge is -1.97. The number of rotatable bonds is 2. The monoisotopic (exact) mass is 158 g/mol. The number of nitrogens with one attached hydrogen (secondary N) is 1. The molecule has 0 unspecified atom stereocenters. The van der Waals surface area contributed by atoms with Gasteiger partial charge in [0.15, 0.2) is 0 Å². The van der Waals surface area contributed by atoms with Gasteiger partial charge in [-0.1, -0.05) is 6.92 Å². The van der Waals surface area contributed by atoms with Gasteiger partial charge >= 0.3 is 5.97 Å². The van der Waals surface area contributed by atoms with Crippen molar-refractivity contribution in [3.05, 3.63) is 0 Å². The van der Waals surface area contributed by atoms with E-state index in [0.717, 1.165) is 0 Å². The molecule has 0 saturated carbocycles. The van der Waals surface area contributed by atoms with Crippen molar-refractivity contribution < 1.29 is 9.63 Å². The normalized spacial score (nSPS) is 10.9. The number of nitrogens with two attached hydrogens (primary N) is 2. The number of carbonyl (C=O) groups is 1. The number of hydrogen-bond donors (Lipinski definition) is 3. The van der Waals surface area contributed by atoms with Crippen LogP contribution in [0.15, 0.2) is 4.99 Å². The third-order valence-corrected chi connectivity index (χ3v) is 0.933. The Morgan fingerprint density at radius 1 is 1.73 bits per heavy atom. The highest BCUT2D eigenvalue weighted by molar-refractivity contribution is 6.37. The third kappa shape index (κ3) is 3.31. The van der Waals surface area contributed by atoms with E-state index in [2.05, 4.69) is 15.7 Å². The van der Waals surface area contributed by atoms with Gasteiger partial charge in [-0.05, 0) is 6.42 Å². The van der Waals surface area contributed by atoms with Gasteiger partial charge in [-0.3, -0.25) is 5.41 Å². The maximum absolute atomic E-state index is 10.6. The second-order valence-electron chi connectivity index (χ2n) is 1.70. The van der Waals surface area contributed by atoms with Crippen LogP contribution in [0.1, 0.15) is 13.3 Å². The van der Waals surface area contributed by atoms with E-state index in [0.29, 0.717) is 6.42 Å². The zero-order chi connectivity index (χ0) is 8.85. The van der Waals surface area contributed by atoms with E-state index in [1.54, 1.807) is 6.92 Å². The first-order valence-electron chi connectivity index (χ1n) is 2.94. The van der Waals surface area contributed by atoms with Crippen molar-refractivity contribution in [1.82, 2.24) is 0 Å². The Kier molecular flexibility index (Phi) is 3.82. The molecule has 11 heavy (non-hydrogen) atoms. The third-order valence-electron chi connectivity index (χ3n) is 0.933. The Bertz CT molecular complexity index is 199. The summed E-state index contributed by atoms with van der Waals surface area (Å²) in [6, 6.07) is 0. The highest BCUT2D eigenvalue weighted by atomic mass is 16.7. The maximum atomic E-state index is 10.6. The number of hydrogen-bond acceptors (Lipinski definition) is 4. The fourth-order valence-corrected chi connectivity index (χ4v) is 0.482. The van der Waals surface area contributed by atoms with Crippen molar-refractivity contribution in [2.24, 2.45) is 16.6 Å². The van der Waals surface area contributed by atoms with Crippen LogP contribution in [0.25, 0.3) is 0 Å². The van der Waals surface area contributed by atoms with E-state index in [1.165, 1.54) is 0 Å². The van der Waals surface area contributed by atoms with Crippen LogP contribution in [-0.4, -0.2) is 17.6 Å². The van der Waals surface area contributed by atoms with E-state index in [-0.39, 0.29) is 5.71 Å². The van der Waals surface area contributed by atoms with Gasteiger partial charge in [0.05, 0.1) is 0 Å². The predicted octanol–water partition coefficient (Wildman–Crippen LogP) is -0.852. The lowest BCUT2D eigenvalue weighted by Crippen LogP contribution is -2.22. The molecular weight excluding hydrogens is 148 g/mol. The summed E-state index contributed by atoms with van der Waals surface area (Å²) >= 11 is 0. The molecule has 0 fully saturated rings. The molecule has 0 amide bonds. The first-order valence-corrected chi connectivity index (χ1v) is 2.94. The molecule has 6 nitrogen and oxygen atoms in total. The zero-order valence-corrected chi connectivity index (χ0v) is 6.13. The van der Waals surface area contributed by atoms with E-state index in [4.69, 9.17) is 11.1 Å². The Morgan fingerprint density at radius 3 is 2.55 bits per heavy atom. The van der Waals surface area contributed by atoms with Crippen LogP contribution >= 0.6 is 0 Å². The second kappa shape index (κ2) is 4.40. The summed E-state index contributed by atoms with van der Waals surface area (Å²) in [5.41, 5.74) is 4.95. The van der Waals surface area contributed by atoms with Crippen LogP contribution < -0.4 is 11.6 Å². The minimum atomic E-state index is -0.761. The SMILES string of the molecule is CCC(=NC(=N)N)C(=O)ON. The summed E-state index contributed by atoms with van der Waals surface area (Å²) in [6.45, 7) is 1.68. The van der Waals surface area contributed by atoms with Crippen molar-refractivity contribution >= 4 is 17.6 Å². The first-order chi connectivity index (χ1) is 5.11. The minimum absolute atomic E-state index is 0.0417. The molecule has 6 heteroatoms. The van der Waals surface area contributed by atoms with Crippen LogP contribution in [0, 0.1) is 5.41 Å². The molecule has 0 rings (SSSR count). The van der Waals surface area contributed by atoms with Crippen LogP contribution in [0.4, 0.5) is 0 Å². The summed E-state index contributed by atoms with van der Waals surface area (Å²) in [4.78, 5) is 17.9. The molecule has 0 bridgehead atoms. The quantitative estimate of drug-likeness (QED) is 0.276. The Balaban J connectivity index is 4.39. The molecule has 62 valence electrons. The highest BCUT2D eigenvalue weighted by Gasteiger charge is 2.09. The van der Waals surface area contributed by atoms with Gasteiger partial charge in [-0.25, -0.2) is 9.79 Å². The molecule has 5 N–H and O–H groups in total. The fraction of sp³-hybridized carbons (Fsp3) is 0.400. The number of nitrogens with zero attached hydrogens (tertiary/aromatic N) is 1. The van der Waals surface area contributed by atoms with Crippen LogP contribution in [0.3, 0.4) is 0 Å². The van der Waals surface area contributed by atoms with Gasteiger partial charge in [0, 0.05) is 0 Å².